The predicted octanol–water partition coefficient (Wildman–Crippen LogP) is 33.1. The number of hydrogen-bond donors (Lipinski definition) is 0. The molecule has 0 amide bonds. The zero-order valence-electron chi connectivity index (χ0n) is 71.0. The Morgan fingerprint density at radius 1 is 0.162 bits per heavy atom. The van der Waals surface area contributed by atoms with E-state index < -0.39 is 10.8 Å². The first-order valence-electron chi connectivity index (χ1n) is 45.2. The minimum absolute atomic E-state index is 0.608. The Morgan fingerprint density at radius 3 is 1.05 bits per heavy atom. The van der Waals surface area contributed by atoms with E-state index in [1.54, 1.807) is 0 Å². The van der Waals surface area contributed by atoms with Gasteiger partial charge in [-0.05, 0) is 258 Å². The second-order valence-corrected chi connectivity index (χ2v) is 35.1. The minimum atomic E-state index is -0.635. The molecule has 4 nitrogen and oxygen atoms in total. The van der Waals surface area contributed by atoms with Gasteiger partial charge in [0, 0.05) is 66.7 Å². The highest BCUT2D eigenvalue weighted by Crippen LogP contribution is 2.65. The van der Waals surface area contributed by atoms with Crippen LogP contribution < -0.4 is 9.80 Å². The molecule has 4 aliphatic carbocycles. The molecule has 0 saturated heterocycles. The van der Waals surface area contributed by atoms with Crippen molar-refractivity contribution in [1.29, 1.82) is 0 Å². The molecule has 0 N–H and O–H groups in total. The Morgan fingerprint density at radius 2 is 0.500 bits per heavy atom. The van der Waals surface area contributed by atoms with Crippen LogP contribution in [0.25, 0.3) is 165 Å². The number of rotatable bonds is 10. The lowest BCUT2D eigenvalue weighted by Crippen LogP contribution is -2.36. The number of para-hydroxylation sites is 6. The normalized spacial score (nSPS) is 14.5. The smallest absolute Gasteiger partial charge is 0.0726 e. The zero-order valence-corrected chi connectivity index (χ0v) is 71.0. The number of aromatic nitrogens is 2. The molecule has 2 atom stereocenters. The van der Waals surface area contributed by atoms with E-state index in [1.807, 2.05) is 0 Å². The first kappa shape index (κ1) is 73.4. The Kier molecular flexibility index (Phi) is 16.3. The highest BCUT2D eigenvalue weighted by molar-refractivity contribution is 6.19. The summed E-state index contributed by atoms with van der Waals surface area (Å²) in [5.74, 6) is 0. The predicted molar refractivity (Wildman–Crippen MR) is 544 cm³/mol. The lowest BCUT2D eigenvalue weighted by atomic mass is 9.55. The molecule has 28 rings (SSSR count). The van der Waals surface area contributed by atoms with Crippen LogP contribution in [0.5, 0.6) is 0 Å². The summed E-state index contributed by atoms with van der Waals surface area (Å²) < 4.78 is 4.83. The van der Waals surface area contributed by atoms with Crippen LogP contribution >= 0.6 is 0 Å². The van der Waals surface area contributed by atoms with Gasteiger partial charge in [0.2, 0.25) is 0 Å². The van der Waals surface area contributed by atoms with Crippen molar-refractivity contribution in [1.82, 2.24) is 9.13 Å². The van der Waals surface area contributed by atoms with E-state index in [-0.39, 0.29) is 0 Å². The van der Waals surface area contributed by atoms with Crippen LogP contribution in [0, 0.1) is 0 Å². The molecule has 24 aromatic rings. The maximum Gasteiger partial charge on any atom is 0.0726 e. The molecule has 4 heteroatoms. The average Bonchev–Trinajstić information content (AvgIpc) is 0.722. The van der Waals surface area contributed by atoms with Gasteiger partial charge in [0.1, 0.15) is 0 Å². The number of fused-ring (bicyclic) bond motifs is 22. The Hall–Kier alpha value is -16.9. The summed E-state index contributed by atoms with van der Waals surface area (Å²) in [5, 5.41) is 15.2. The molecule has 4 aliphatic rings. The minimum Gasteiger partial charge on any atom is -0.310 e. The van der Waals surface area contributed by atoms with Crippen molar-refractivity contribution in [3.63, 3.8) is 0 Å². The number of benzene rings is 22. The molecule has 2 spiro atoms. The summed E-state index contributed by atoms with van der Waals surface area (Å²) in [6.45, 7) is 0. The monoisotopic (exact) mass is 1650 g/mol. The molecule has 0 radical (unpaired) electrons. The van der Waals surface area contributed by atoms with Gasteiger partial charge in [-0.3, -0.25) is 0 Å². The van der Waals surface area contributed by atoms with Crippen molar-refractivity contribution in [2.75, 3.05) is 9.80 Å². The Bertz CT molecular complexity index is 8780. The molecule has 130 heavy (non-hydrogen) atoms. The number of anilines is 6. The highest BCUT2D eigenvalue weighted by Gasteiger charge is 2.51. The van der Waals surface area contributed by atoms with E-state index >= 15 is 0 Å². The first-order valence-corrected chi connectivity index (χ1v) is 45.2. The van der Waals surface area contributed by atoms with Gasteiger partial charge in [0.25, 0.3) is 0 Å². The molecule has 0 saturated carbocycles. The SMILES string of the molecule is c1ccc(-c2ccc3c(c2)C2(c4ccccc4-c4cccc5cccc2c45)c2cccc4c(N(c5ccccc5)c5ccc6c7ccccc7n(-c7ccccc7)c6c5)ccc-3c24)cc1.c1ccc(-c2ccc3c4c(cccc24)C2(c4cc(N(c5ccccc5)c5ccc6c7ccccc7n(-c7ccccc7)c6c5)ccc4-c4cccc5cccc2c45)c2ccccc2-3)cc1. The van der Waals surface area contributed by atoms with Gasteiger partial charge in [0.15, 0.2) is 0 Å². The van der Waals surface area contributed by atoms with E-state index in [4.69, 9.17) is 0 Å². The maximum absolute atomic E-state index is 2.52. The summed E-state index contributed by atoms with van der Waals surface area (Å²) >= 11 is 0. The molecule has 2 aromatic heterocycles. The molecule has 604 valence electrons. The molecule has 22 aromatic carbocycles. The Balaban J connectivity index is 0.000000134. The summed E-state index contributed by atoms with van der Waals surface area (Å²) in [6, 6.07) is 181. The Labute approximate surface area is 753 Å². The van der Waals surface area contributed by atoms with Gasteiger partial charge >= 0.3 is 0 Å². The second kappa shape index (κ2) is 28.8. The molecular weight excluding hydrogens is 1570 g/mol. The van der Waals surface area contributed by atoms with Crippen LogP contribution in [0.4, 0.5) is 34.1 Å². The largest absolute Gasteiger partial charge is 0.310 e. The molecular formula is C126H80N4. The van der Waals surface area contributed by atoms with Gasteiger partial charge in [0.05, 0.1) is 38.6 Å². The summed E-state index contributed by atoms with van der Waals surface area (Å²) in [5.41, 5.74) is 38.1. The molecule has 0 bridgehead atoms. The van der Waals surface area contributed by atoms with Crippen LogP contribution in [-0.4, -0.2) is 9.13 Å². The maximum atomic E-state index is 2.52. The van der Waals surface area contributed by atoms with Crippen molar-refractivity contribution in [3.8, 4) is 78.1 Å². The van der Waals surface area contributed by atoms with Crippen LogP contribution in [0.1, 0.15) is 44.5 Å². The second-order valence-electron chi connectivity index (χ2n) is 35.1. The number of nitrogens with zero attached hydrogens (tertiary/aromatic N) is 4. The van der Waals surface area contributed by atoms with Gasteiger partial charge in [-0.2, -0.15) is 0 Å². The quantitative estimate of drug-likeness (QED) is 0.136. The van der Waals surface area contributed by atoms with Crippen molar-refractivity contribution >= 4 is 121 Å². The fourth-order valence-corrected chi connectivity index (χ4v) is 23.6. The third-order valence-electron chi connectivity index (χ3n) is 28.7. The van der Waals surface area contributed by atoms with Crippen LogP contribution in [0.15, 0.2) is 485 Å². The van der Waals surface area contributed by atoms with E-state index in [0.717, 1.165) is 45.5 Å². The van der Waals surface area contributed by atoms with Crippen LogP contribution in [-0.2, 0) is 10.8 Å². The molecule has 2 unspecified atom stereocenters. The molecule has 0 fully saturated rings. The zero-order chi connectivity index (χ0) is 85.3. The topological polar surface area (TPSA) is 16.3 Å². The summed E-state index contributed by atoms with van der Waals surface area (Å²) in [7, 11) is 0. The van der Waals surface area contributed by atoms with Crippen LogP contribution in [0.3, 0.4) is 0 Å². The highest BCUT2D eigenvalue weighted by atomic mass is 15.2. The van der Waals surface area contributed by atoms with E-state index in [9.17, 15) is 0 Å². The van der Waals surface area contributed by atoms with E-state index in [1.165, 1.54) is 198 Å². The van der Waals surface area contributed by atoms with Gasteiger partial charge in [-0.1, -0.05) is 376 Å². The van der Waals surface area contributed by atoms with Crippen molar-refractivity contribution in [2.24, 2.45) is 0 Å². The van der Waals surface area contributed by atoms with E-state index in [2.05, 4.69) is 504 Å². The third kappa shape index (κ3) is 10.6. The standard InChI is InChI=1S/2C63H40N2/c1-4-17-41(18-5-1)43-33-35-48-52-37-38-59(64(44-21-6-2-7-22-44)46-34-36-50-49-26-11-13-32-58(49)65(60(50)40-46)45-23-8-3-9-24-45)53-28-16-31-56(62(52)53)63(57(48)39-43)54-29-12-10-25-47(54)51-27-14-19-42-20-15-30-55(63)61(42)51;1-4-17-41(18-5-1)47-37-38-54-48-25-10-12-29-55(48)63(57-31-16-28-52(47)62(54)57)56-30-15-20-42-19-14-27-53(61(42)56)49-35-33-45(39-58(49)63)64(43-21-6-2-7-22-43)46-34-36-51-50-26-11-13-32-59(50)65(60(51)40-46)44-23-8-3-9-24-44/h2*1-40H. The lowest BCUT2D eigenvalue weighted by molar-refractivity contribution is 0.754. The fraction of sp³-hybridized carbons (Fsp3) is 0.0159. The third-order valence-corrected chi connectivity index (χ3v) is 28.7. The van der Waals surface area contributed by atoms with Gasteiger partial charge < -0.3 is 18.9 Å². The lowest BCUT2D eigenvalue weighted by Gasteiger charge is -2.46. The molecule has 2 heterocycles. The fourth-order valence-electron chi connectivity index (χ4n) is 23.6. The van der Waals surface area contributed by atoms with Gasteiger partial charge in [-0.15, -0.1) is 0 Å². The van der Waals surface area contributed by atoms with Crippen LogP contribution in [0.2, 0.25) is 0 Å². The van der Waals surface area contributed by atoms with Crippen molar-refractivity contribution in [2.45, 2.75) is 10.8 Å². The average molecular weight is 1650 g/mol. The summed E-state index contributed by atoms with van der Waals surface area (Å²) in [6.07, 6.45) is 0. The van der Waals surface area contributed by atoms with Crippen molar-refractivity contribution < 1.29 is 0 Å². The van der Waals surface area contributed by atoms with Gasteiger partial charge in [-0.25, -0.2) is 0 Å². The number of hydrogen-bond acceptors (Lipinski definition) is 2. The first-order chi connectivity index (χ1) is 64.5. The molecule has 0 aliphatic heterocycles. The summed E-state index contributed by atoms with van der Waals surface area (Å²) in [4.78, 5) is 4.93. The van der Waals surface area contributed by atoms with Crippen molar-refractivity contribution in [3.05, 3.63) is 530 Å². The van der Waals surface area contributed by atoms with E-state index in [0.29, 0.717) is 0 Å².